The van der Waals surface area contributed by atoms with Crippen LogP contribution in [0.3, 0.4) is 0 Å². The lowest BCUT2D eigenvalue weighted by atomic mass is 9.90. The number of fused-ring (bicyclic) bond motifs is 1. The van der Waals surface area contributed by atoms with E-state index < -0.39 is 15.7 Å². The Kier molecular flexibility index (Phi) is 5.52. The van der Waals surface area contributed by atoms with Crippen LogP contribution in [-0.4, -0.2) is 25.1 Å². The van der Waals surface area contributed by atoms with E-state index in [-0.39, 0.29) is 16.2 Å². The third kappa shape index (κ3) is 4.11. The third-order valence-electron chi connectivity index (χ3n) is 5.22. The van der Waals surface area contributed by atoms with Crippen molar-refractivity contribution in [3.8, 4) is 11.3 Å². The highest BCUT2D eigenvalue weighted by atomic mass is 32.2. The summed E-state index contributed by atoms with van der Waals surface area (Å²) in [6.45, 7) is 1.57. The first-order valence-electron chi connectivity index (χ1n) is 9.69. The predicted octanol–water partition coefficient (Wildman–Crippen LogP) is 4.73. The number of rotatable bonds is 5. The third-order valence-corrected chi connectivity index (χ3v) is 7.76. The predicted molar refractivity (Wildman–Crippen MR) is 116 cm³/mol. The summed E-state index contributed by atoms with van der Waals surface area (Å²) in [7, 11) is -3.49. The lowest BCUT2D eigenvalue weighted by Crippen LogP contribution is -2.17. The SMILES string of the molecule is CCS(=O)(=O)c1ccccc1C(=O)Nc1nc(-c2ccc3c(c2)CCCC3)cs1. The van der Waals surface area contributed by atoms with Gasteiger partial charge < -0.3 is 0 Å². The number of nitrogens with one attached hydrogen (secondary N) is 1. The van der Waals surface area contributed by atoms with E-state index in [0.717, 1.165) is 24.1 Å². The Morgan fingerprint density at radius 3 is 2.66 bits per heavy atom. The van der Waals surface area contributed by atoms with Gasteiger partial charge in [-0.1, -0.05) is 31.2 Å². The normalized spacial score (nSPS) is 13.7. The van der Waals surface area contributed by atoms with Gasteiger partial charge in [0.15, 0.2) is 15.0 Å². The van der Waals surface area contributed by atoms with Crippen molar-refractivity contribution in [2.75, 3.05) is 11.1 Å². The largest absolute Gasteiger partial charge is 0.298 e. The molecule has 0 spiro atoms. The first-order chi connectivity index (χ1) is 14.0. The molecule has 0 unspecified atom stereocenters. The molecule has 1 N–H and O–H groups in total. The molecule has 0 saturated carbocycles. The van der Waals surface area contributed by atoms with Crippen LogP contribution >= 0.6 is 11.3 Å². The molecule has 0 fully saturated rings. The van der Waals surface area contributed by atoms with E-state index in [1.807, 2.05) is 5.38 Å². The smallest absolute Gasteiger partial charge is 0.258 e. The van der Waals surface area contributed by atoms with Gasteiger partial charge in [-0.15, -0.1) is 11.3 Å². The molecule has 7 heteroatoms. The summed E-state index contributed by atoms with van der Waals surface area (Å²) in [5, 5.41) is 5.11. The number of thiazole rings is 1. The molecular weight excluding hydrogens is 404 g/mol. The molecule has 1 heterocycles. The van der Waals surface area contributed by atoms with Crippen LogP contribution in [0.5, 0.6) is 0 Å². The summed E-state index contributed by atoms with van der Waals surface area (Å²) < 4.78 is 24.6. The second kappa shape index (κ2) is 8.08. The fourth-order valence-electron chi connectivity index (χ4n) is 3.60. The molecule has 3 aromatic rings. The van der Waals surface area contributed by atoms with E-state index in [2.05, 4.69) is 28.5 Å². The van der Waals surface area contributed by atoms with Crippen LogP contribution in [0.2, 0.25) is 0 Å². The van der Waals surface area contributed by atoms with Crippen molar-refractivity contribution >= 4 is 32.2 Å². The number of nitrogens with zero attached hydrogens (tertiary/aromatic N) is 1. The van der Waals surface area contributed by atoms with Gasteiger partial charge in [0.25, 0.3) is 5.91 Å². The van der Waals surface area contributed by atoms with Gasteiger partial charge in [0.05, 0.1) is 21.9 Å². The Morgan fingerprint density at radius 2 is 1.86 bits per heavy atom. The van der Waals surface area contributed by atoms with Gasteiger partial charge in [0.1, 0.15) is 0 Å². The number of hydrogen-bond acceptors (Lipinski definition) is 5. The van der Waals surface area contributed by atoms with E-state index in [0.29, 0.717) is 5.13 Å². The van der Waals surface area contributed by atoms with E-state index >= 15 is 0 Å². The van der Waals surface area contributed by atoms with E-state index in [1.54, 1.807) is 19.1 Å². The second-order valence-corrected chi connectivity index (χ2v) is 10.2. The molecule has 0 aliphatic heterocycles. The van der Waals surface area contributed by atoms with E-state index in [9.17, 15) is 13.2 Å². The Labute approximate surface area is 174 Å². The molecule has 5 nitrogen and oxygen atoms in total. The van der Waals surface area contributed by atoms with Crippen molar-refractivity contribution in [2.45, 2.75) is 37.5 Å². The number of benzene rings is 2. The van der Waals surface area contributed by atoms with Crippen molar-refractivity contribution in [1.29, 1.82) is 0 Å². The zero-order chi connectivity index (χ0) is 20.4. The molecule has 1 amide bonds. The summed E-state index contributed by atoms with van der Waals surface area (Å²) in [5.41, 5.74) is 4.79. The fourth-order valence-corrected chi connectivity index (χ4v) is 5.41. The Bertz CT molecular complexity index is 1170. The Hall–Kier alpha value is -2.51. The minimum atomic E-state index is -3.49. The number of aryl methyl sites for hydroxylation is 2. The quantitative estimate of drug-likeness (QED) is 0.640. The highest BCUT2D eigenvalue weighted by Crippen LogP contribution is 2.30. The number of aromatic nitrogens is 1. The number of carbonyl (C=O) groups is 1. The molecule has 0 saturated heterocycles. The Balaban J connectivity index is 1.57. The van der Waals surface area contributed by atoms with Crippen LogP contribution in [0.4, 0.5) is 5.13 Å². The molecule has 0 bridgehead atoms. The first kappa shape index (κ1) is 19.8. The Morgan fingerprint density at radius 1 is 1.10 bits per heavy atom. The molecule has 2 aromatic carbocycles. The van der Waals surface area contributed by atoms with Gasteiger partial charge >= 0.3 is 0 Å². The minimum absolute atomic E-state index is 0.0477. The standard InChI is InChI=1S/C22H22N2O3S2/c1-2-29(26,27)20-10-6-5-9-18(20)21(25)24-22-23-19(14-28-22)17-12-11-15-7-3-4-8-16(15)13-17/h5-6,9-14H,2-4,7-8H2,1H3,(H,23,24,25). The fraction of sp³-hybridized carbons (Fsp3) is 0.273. The maximum absolute atomic E-state index is 12.7. The maximum atomic E-state index is 12.7. The van der Waals surface area contributed by atoms with E-state index in [1.165, 1.54) is 47.4 Å². The average Bonchev–Trinajstić information content (AvgIpc) is 3.22. The van der Waals surface area contributed by atoms with Gasteiger partial charge in [0, 0.05) is 10.9 Å². The lowest BCUT2D eigenvalue weighted by Gasteiger charge is -2.16. The summed E-state index contributed by atoms with van der Waals surface area (Å²) in [6, 6.07) is 12.7. The maximum Gasteiger partial charge on any atom is 0.258 e. The molecule has 1 aliphatic rings. The average molecular weight is 427 g/mol. The molecular formula is C22H22N2O3S2. The van der Waals surface area contributed by atoms with Gasteiger partial charge in [0.2, 0.25) is 0 Å². The van der Waals surface area contributed by atoms with Gasteiger partial charge in [-0.25, -0.2) is 13.4 Å². The number of anilines is 1. The van der Waals surface area contributed by atoms with Crippen LogP contribution in [-0.2, 0) is 22.7 Å². The van der Waals surface area contributed by atoms with E-state index in [4.69, 9.17) is 0 Å². The summed E-state index contributed by atoms with van der Waals surface area (Å²) >= 11 is 1.33. The number of amides is 1. The molecule has 29 heavy (non-hydrogen) atoms. The highest BCUT2D eigenvalue weighted by molar-refractivity contribution is 7.91. The molecule has 150 valence electrons. The lowest BCUT2D eigenvalue weighted by molar-refractivity contribution is 0.102. The van der Waals surface area contributed by atoms with Crippen molar-refractivity contribution in [1.82, 2.24) is 4.98 Å². The molecule has 0 atom stereocenters. The number of hydrogen-bond donors (Lipinski definition) is 1. The van der Waals surface area contributed by atoms with Crippen molar-refractivity contribution in [3.63, 3.8) is 0 Å². The zero-order valence-corrected chi connectivity index (χ0v) is 17.8. The first-order valence-corrected chi connectivity index (χ1v) is 12.2. The second-order valence-electron chi connectivity index (χ2n) is 7.08. The van der Waals surface area contributed by atoms with Crippen molar-refractivity contribution in [3.05, 3.63) is 64.5 Å². The van der Waals surface area contributed by atoms with Gasteiger partial charge in [-0.2, -0.15) is 0 Å². The molecule has 4 rings (SSSR count). The number of sulfone groups is 1. The monoisotopic (exact) mass is 426 g/mol. The highest BCUT2D eigenvalue weighted by Gasteiger charge is 2.21. The molecule has 0 radical (unpaired) electrons. The summed E-state index contributed by atoms with van der Waals surface area (Å²) in [5.74, 6) is -0.527. The van der Waals surface area contributed by atoms with Crippen LogP contribution in [0.1, 0.15) is 41.3 Å². The van der Waals surface area contributed by atoms with Crippen LogP contribution in [0, 0.1) is 0 Å². The molecule has 1 aliphatic carbocycles. The summed E-state index contributed by atoms with van der Waals surface area (Å²) in [6.07, 6.45) is 4.69. The zero-order valence-electron chi connectivity index (χ0n) is 16.1. The van der Waals surface area contributed by atoms with Crippen molar-refractivity contribution < 1.29 is 13.2 Å². The summed E-state index contributed by atoms with van der Waals surface area (Å²) in [4.78, 5) is 17.3. The van der Waals surface area contributed by atoms with Crippen molar-refractivity contribution in [2.24, 2.45) is 0 Å². The minimum Gasteiger partial charge on any atom is -0.298 e. The van der Waals surface area contributed by atoms with Crippen LogP contribution < -0.4 is 5.32 Å². The topological polar surface area (TPSA) is 76.1 Å². The van der Waals surface area contributed by atoms with Crippen LogP contribution in [0.25, 0.3) is 11.3 Å². The van der Waals surface area contributed by atoms with Crippen LogP contribution in [0.15, 0.2) is 52.7 Å². The van der Waals surface area contributed by atoms with Gasteiger partial charge in [-0.3, -0.25) is 10.1 Å². The van der Waals surface area contributed by atoms with Gasteiger partial charge in [-0.05, 0) is 55.0 Å². The molecule has 1 aromatic heterocycles. The number of carbonyl (C=O) groups excluding carboxylic acids is 1.